The highest BCUT2D eigenvalue weighted by Crippen LogP contribution is 2.35. The van der Waals surface area contributed by atoms with E-state index in [2.05, 4.69) is 0 Å². The highest BCUT2D eigenvalue weighted by molar-refractivity contribution is 5.89. The molecule has 1 aliphatic rings. The lowest BCUT2D eigenvalue weighted by atomic mass is 10.0. The molecule has 2 atom stereocenters. The van der Waals surface area contributed by atoms with Crippen molar-refractivity contribution in [1.29, 1.82) is 0 Å². The zero-order valence-electron chi connectivity index (χ0n) is 19.5. The van der Waals surface area contributed by atoms with Gasteiger partial charge in [-0.25, -0.2) is 4.79 Å². The molecule has 32 heavy (non-hydrogen) atoms. The fourth-order valence-electron chi connectivity index (χ4n) is 3.81. The molecule has 176 valence electrons. The lowest BCUT2D eigenvalue weighted by Gasteiger charge is -2.24. The third-order valence-corrected chi connectivity index (χ3v) is 5.30. The molecule has 1 aliphatic heterocycles. The van der Waals surface area contributed by atoms with Crippen molar-refractivity contribution in [1.82, 2.24) is 4.57 Å². The Morgan fingerprint density at radius 1 is 1.22 bits per heavy atom. The maximum atomic E-state index is 12.9. The smallest absolute Gasteiger partial charge is 0.355 e. The van der Waals surface area contributed by atoms with E-state index in [1.165, 1.54) is 0 Å². The number of hydrogen-bond donors (Lipinski definition) is 0. The first-order valence-corrected chi connectivity index (χ1v) is 10.8. The van der Waals surface area contributed by atoms with Crippen molar-refractivity contribution in [2.45, 2.75) is 51.7 Å². The second kappa shape index (κ2) is 11.0. The summed E-state index contributed by atoms with van der Waals surface area (Å²) in [5, 5.41) is 0. The molecule has 1 saturated heterocycles. The highest BCUT2D eigenvalue weighted by atomic mass is 16.7. The second-order valence-corrected chi connectivity index (χ2v) is 8.00. The van der Waals surface area contributed by atoms with Crippen molar-refractivity contribution in [2.75, 3.05) is 34.2 Å². The minimum atomic E-state index is -0.687. The summed E-state index contributed by atoms with van der Waals surface area (Å²) in [7, 11) is 3.19. The van der Waals surface area contributed by atoms with Gasteiger partial charge in [0.15, 0.2) is 12.6 Å². The summed E-state index contributed by atoms with van der Waals surface area (Å²) in [6, 6.07) is 9.72. The monoisotopic (exact) mass is 447 g/mol. The van der Waals surface area contributed by atoms with Gasteiger partial charge in [0, 0.05) is 32.5 Å². The Bertz CT molecular complexity index is 875. The average Bonchev–Trinajstić information content (AvgIpc) is 3.35. The number of hydrogen-bond acceptors (Lipinski definition) is 7. The Hall–Kier alpha value is -2.39. The van der Waals surface area contributed by atoms with Gasteiger partial charge >= 0.3 is 5.97 Å². The van der Waals surface area contributed by atoms with E-state index in [0.717, 1.165) is 23.3 Å². The van der Waals surface area contributed by atoms with E-state index >= 15 is 0 Å². The minimum Gasteiger partial charge on any atom is -0.468 e. The van der Waals surface area contributed by atoms with E-state index in [0.29, 0.717) is 25.5 Å². The molecule has 0 amide bonds. The third-order valence-electron chi connectivity index (χ3n) is 5.30. The molecule has 1 unspecified atom stereocenters. The zero-order valence-corrected chi connectivity index (χ0v) is 19.5. The van der Waals surface area contributed by atoms with Crippen LogP contribution in [0.2, 0.25) is 0 Å². The maximum Gasteiger partial charge on any atom is 0.355 e. The average molecular weight is 448 g/mol. The Morgan fingerprint density at radius 2 is 1.97 bits per heavy atom. The molecule has 2 aromatic rings. The van der Waals surface area contributed by atoms with Gasteiger partial charge in [0.2, 0.25) is 0 Å². The van der Waals surface area contributed by atoms with Crippen LogP contribution in [0.5, 0.6) is 5.75 Å². The van der Waals surface area contributed by atoms with Crippen molar-refractivity contribution in [3.63, 3.8) is 0 Å². The first kappa shape index (κ1) is 24.3. The summed E-state index contributed by atoms with van der Waals surface area (Å²) in [4.78, 5) is 12.9. The second-order valence-electron chi connectivity index (χ2n) is 8.00. The molecular weight excluding hydrogens is 414 g/mol. The molecule has 2 heterocycles. The summed E-state index contributed by atoms with van der Waals surface area (Å²) >= 11 is 0. The van der Waals surface area contributed by atoms with Crippen LogP contribution in [0.4, 0.5) is 0 Å². The van der Waals surface area contributed by atoms with Crippen molar-refractivity contribution >= 4 is 5.97 Å². The number of rotatable bonds is 11. The van der Waals surface area contributed by atoms with Crippen LogP contribution in [-0.4, -0.2) is 56.7 Å². The molecule has 3 rings (SSSR count). The summed E-state index contributed by atoms with van der Waals surface area (Å²) in [5.74, 6) is -0.320. The van der Waals surface area contributed by atoms with E-state index in [1.54, 1.807) is 21.1 Å². The molecule has 1 aromatic heterocycles. The normalized spacial score (nSPS) is 18.5. The number of carbonyl (C=O) groups is 1. The predicted octanol–water partition coefficient (Wildman–Crippen LogP) is 3.73. The van der Waals surface area contributed by atoms with Gasteiger partial charge in [-0.1, -0.05) is 12.1 Å². The highest BCUT2D eigenvalue weighted by Gasteiger charge is 2.40. The number of ether oxygens (including phenoxy) is 6. The Balaban J connectivity index is 1.78. The lowest BCUT2D eigenvalue weighted by Crippen LogP contribution is -2.28. The summed E-state index contributed by atoms with van der Waals surface area (Å²) in [6.07, 6.45) is 1.86. The van der Waals surface area contributed by atoms with Crippen molar-refractivity contribution in [3.8, 4) is 5.75 Å². The molecule has 0 radical (unpaired) electrons. The minimum absolute atomic E-state index is 0.210. The molecule has 8 heteroatoms. The van der Waals surface area contributed by atoms with Gasteiger partial charge in [-0.3, -0.25) is 0 Å². The molecule has 1 fully saturated rings. The number of benzene rings is 1. The lowest BCUT2D eigenvalue weighted by molar-refractivity contribution is -0.154. The quantitative estimate of drug-likeness (QED) is 0.384. The Kier molecular flexibility index (Phi) is 8.31. The topological polar surface area (TPSA) is 77.4 Å². The SMILES string of the molecule is CCOC(=O)c1c([C@@H](OC)C2COC(C)(C)O2)ccn1CCc1ccc(OCOC)cc1. The van der Waals surface area contributed by atoms with Crippen LogP contribution in [0.3, 0.4) is 0 Å². The summed E-state index contributed by atoms with van der Waals surface area (Å²) < 4.78 is 35.1. The maximum absolute atomic E-state index is 12.9. The summed E-state index contributed by atoms with van der Waals surface area (Å²) in [5.41, 5.74) is 2.34. The van der Waals surface area contributed by atoms with Gasteiger partial charge in [0.25, 0.3) is 0 Å². The van der Waals surface area contributed by atoms with E-state index in [1.807, 2.05) is 54.9 Å². The number of carbonyl (C=O) groups excluding carboxylic acids is 1. The number of esters is 1. The molecule has 0 aliphatic carbocycles. The van der Waals surface area contributed by atoms with Crippen LogP contribution in [0, 0.1) is 0 Å². The number of nitrogens with zero attached hydrogens (tertiary/aromatic N) is 1. The van der Waals surface area contributed by atoms with Gasteiger partial charge in [-0.05, 0) is 51.0 Å². The standard InChI is InChI=1S/C24H33NO7/c1-6-29-23(26)21-19(22(28-5)20-15-31-24(2,3)32-20)12-14-25(21)13-11-17-7-9-18(10-8-17)30-16-27-4/h7-10,12,14,20,22H,6,11,13,15-16H2,1-5H3/t20?,22-/m1/s1. The molecule has 8 nitrogen and oxygen atoms in total. The van der Waals surface area contributed by atoms with Crippen molar-refractivity contribution < 1.29 is 33.2 Å². The van der Waals surface area contributed by atoms with Gasteiger partial charge in [-0.2, -0.15) is 0 Å². The predicted molar refractivity (Wildman–Crippen MR) is 118 cm³/mol. The van der Waals surface area contributed by atoms with Gasteiger partial charge < -0.3 is 33.0 Å². The number of methoxy groups -OCH3 is 2. The van der Waals surface area contributed by atoms with Gasteiger partial charge in [0.05, 0.1) is 13.2 Å². The molecule has 0 bridgehead atoms. The van der Waals surface area contributed by atoms with Crippen LogP contribution < -0.4 is 4.74 Å². The van der Waals surface area contributed by atoms with Gasteiger partial charge in [0.1, 0.15) is 23.7 Å². The van der Waals surface area contributed by atoms with Crippen LogP contribution >= 0.6 is 0 Å². The van der Waals surface area contributed by atoms with Crippen molar-refractivity contribution in [3.05, 3.63) is 53.3 Å². The number of aryl methyl sites for hydroxylation is 2. The van der Waals surface area contributed by atoms with E-state index < -0.39 is 11.9 Å². The van der Waals surface area contributed by atoms with Crippen LogP contribution in [0.15, 0.2) is 36.5 Å². The first-order valence-electron chi connectivity index (χ1n) is 10.8. The van der Waals surface area contributed by atoms with Crippen LogP contribution in [0.1, 0.15) is 48.5 Å². The molecule has 1 aromatic carbocycles. The van der Waals surface area contributed by atoms with Gasteiger partial charge in [-0.15, -0.1) is 0 Å². The molecule has 0 spiro atoms. The molecule has 0 N–H and O–H groups in total. The fourth-order valence-corrected chi connectivity index (χ4v) is 3.81. The molecular formula is C24H33NO7. The fraction of sp³-hybridized carbons (Fsp3) is 0.542. The first-order chi connectivity index (χ1) is 15.4. The Labute approximate surface area is 189 Å². The van der Waals surface area contributed by atoms with Crippen LogP contribution in [-0.2, 0) is 36.6 Å². The zero-order chi connectivity index (χ0) is 23.1. The summed E-state index contributed by atoms with van der Waals surface area (Å²) in [6.45, 7) is 7.02. The third kappa shape index (κ3) is 5.89. The Morgan fingerprint density at radius 3 is 2.56 bits per heavy atom. The number of aromatic nitrogens is 1. The molecule has 0 saturated carbocycles. The van der Waals surface area contributed by atoms with E-state index in [-0.39, 0.29) is 18.9 Å². The van der Waals surface area contributed by atoms with Crippen molar-refractivity contribution in [2.24, 2.45) is 0 Å². The van der Waals surface area contributed by atoms with Crippen LogP contribution in [0.25, 0.3) is 0 Å². The largest absolute Gasteiger partial charge is 0.468 e. The van der Waals surface area contributed by atoms with E-state index in [9.17, 15) is 4.79 Å². The van der Waals surface area contributed by atoms with E-state index in [4.69, 9.17) is 28.4 Å².